The minimum atomic E-state index is -0.926. The summed E-state index contributed by atoms with van der Waals surface area (Å²) in [5, 5.41) is 9.17. The van der Waals surface area contributed by atoms with Crippen molar-refractivity contribution in [3.05, 3.63) is 115 Å². The molecule has 0 radical (unpaired) electrons. The summed E-state index contributed by atoms with van der Waals surface area (Å²) in [6.45, 7) is 0. The molecule has 1 N–H and O–H groups in total. The second-order valence-electron chi connectivity index (χ2n) is 6.44. The van der Waals surface area contributed by atoms with E-state index in [1.165, 1.54) is 5.56 Å². The van der Waals surface area contributed by atoms with Gasteiger partial charge in [-0.1, -0.05) is 60.7 Å². The molecule has 0 bridgehead atoms. The zero-order valence-electron chi connectivity index (χ0n) is 15.2. The Balaban J connectivity index is 1.75. The number of hydrogen-bond donors (Lipinski definition) is 1. The minimum absolute atomic E-state index is 0.274. The van der Waals surface area contributed by atoms with Crippen molar-refractivity contribution in [3.63, 3.8) is 0 Å². The highest BCUT2D eigenvalue weighted by Gasteiger charge is 2.13. The number of carbonyl (C=O) groups is 1. The van der Waals surface area contributed by atoms with Gasteiger partial charge in [0.2, 0.25) is 0 Å². The molecule has 0 spiro atoms. The fraction of sp³-hybridized carbons (Fsp3) is 0. The number of para-hydroxylation sites is 1. The van der Waals surface area contributed by atoms with Crippen molar-refractivity contribution < 1.29 is 9.90 Å². The Morgan fingerprint density at radius 1 is 0.536 bits per heavy atom. The van der Waals surface area contributed by atoms with Crippen LogP contribution in [0.15, 0.2) is 109 Å². The van der Waals surface area contributed by atoms with E-state index in [1.807, 2.05) is 60.7 Å². The first-order chi connectivity index (χ1) is 13.7. The minimum Gasteiger partial charge on any atom is -0.478 e. The Kier molecular flexibility index (Phi) is 4.89. The maximum Gasteiger partial charge on any atom is 0.335 e. The van der Waals surface area contributed by atoms with Crippen molar-refractivity contribution in [2.45, 2.75) is 0 Å². The lowest BCUT2D eigenvalue weighted by Gasteiger charge is -2.25. The Labute approximate surface area is 164 Å². The molecule has 3 heteroatoms. The molecule has 3 nitrogen and oxygen atoms in total. The molecular formula is C25H19NO2. The van der Waals surface area contributed by atoms with E-state index in [4.69, 9.17) is 0 Å². The number of nitrogens with zero attached hydrogens (tertiary/aromatic N) is 1. The summed E-state index contributed by atoms with van der Waals surface area (Å²) >= 11 is 0. The lowest BCUT2D eigenvalue weighted by molar-refractivity contribution is 0.0697. The summed E-state index contributed by atoms with van der Waals surface area (Å²) in [4.78, 5) is 13.3. The Hall–Kier alpha value is -3.85. The van der Waals surface area contributed by atoms with E-state index < -0.39 is 5.97 Å². The molecule has 0 saturated carbocycles. The zero-order valence-corrected chi connectivity index (χ0v) is 15.2. The van der Waals surface area contributed by atoms with Gasteiger partial charge in [0.05, 0.1) is 5.56 Å². The Bertz CT molecular complexity index is 1060. The molecule has 136 valence electrons. The first-order valence-electron chi connectivity index (χ1n) is 9.06. The van der Waals surface area contributed by atoms with E-state index in [0.717, 1.165) is 22.6 Å². The van der Waals surface area contributed by atoms with Crippen LogP contribution in [0.5, 0.6) is 0 Å². The van der Waals surface area contributed by atoms with E-state index in [1.54, 1.807) is 12.1 Å². The largest absolute Gasteiger partial charge is 0.478 e. The predicted molar refractivity (Wildman–Crippen MR) is 114 cm³/mol. The number of hydrogen-bond acceptors (Lipinski definition) is 2. The molecular weight excluding hydrogens is 346 g/mol. The predicted octanol–water partition coefficient (Wildman–Crippen LogP) is 6.52. The highest BCUT2D eigenvalue weighted by molar-refractivity contribution is 5.89. The third kappa shape index (κ3) is 3.64. The quantitative estimate of drug-likeness (QED) is 0.437. The fourth-order valence-corrected chi connectivity index (χ4v) is 3.21. The van der Waals surface area contributed by atoms with Crippen LogP contribution in [0.1, 0.15) is 10.4 Å². The molecule has 0 unspecified atom stereocenters. The summed E-state index contributed by atoms with van der Waals surface area (Å²) in [5.74, 6) is -0.926. The van der Waals surface area contributed by atoms with Crippen LogP contribution in [-0.2, 0) is 0 Å². The Morgan fingerprint density at radius 2 is 0.964 bits per heavy atom. The average molecular weight is 365 g/mol. The first kappa shape index (κ1) is 17.6. The molecule has 4 aromatic carbocycles. The second kappa shape index (κ2) is 7.80. The molecule has 0 amide bonds. The number of carboxylic acids is 1. The topological polar surface area (TPSA) is 40.5 Å². The van der Waals surface area contributed by atoms with Gasteiger partial charge in [-0.25, -0.2) is 4.79 Å². The molecule has 0 aliphatic heterocycles. The van der Waals surface area contributed by atoms with Gasteiger partial charge in [-0.15, -0.1) is 0 Å². The number of aromatic carboxylic acids is 1. The zero-order chi connectivity index (χ0) is 19.3. The lowest BCUT2D eigenvalue weighted by Crippen LogP contribution is -2.10. The van der Waals surface area contributed by atoms with Crippen molar-refractivity contribution in [3.8, 4) is 11.1 Å². The maximum absolute atomic E-state index is 11.2. The van der Waals surface area contributed by atoms with Crippen molar-refractivity contribution >= 4 is 23.0 Å². The molecule has 0 aliphatic carbocycles. The maximum atomic E-state index is 11.2. The average Bonchev–Trinajstić information content (AvgIpc) is 2.76. The third-order valence-corrected chi connectivity index (χ3v) is 4.62. The van der Waals surface area contributed by atoms with Crippen molar-refractivity contribution in [1.82, 2.24) is 0 Å². The van der Waals surface area contributed by atoms with Gasteiger partial charge in [-0.2, -0.15) is 0 Å². The number of carboxylic acid groups (broad SMARTS) is 1. The number of benzene rings is 4. The fourth-order valence-electron chi connectivity index (χ4n) is 3.21. The molecule has 4 rings (SSSR count). The van der Waals surface area contributed by atoms with Gasteiger partial charge < -0.3 is 10.0 Å². The number of rotatable bonds is 5. The molecule has 4 aromatic rings. The standard InChI is InChI=1S/C25H19NO2/c27-25(28)21-13-17-24(18-14-21)26(22-9-5-2-6-10-22)23-15-11-20(12-16-23)19-7-3-1-4-8-19/h1-18H,(H,27,28). The smallest absolute Gasteiger partial charge is 0.335 e. The van der Waals surface area contributed by atoms with Crippen molar-refractivity contribution in [2.24, 2.45) is 0 Å². The molecule has 0 atom stereocenters. The van der Waals surface area contributed by atoms with Crippen molar-refractivity contribution in [1.29, 1.82) is 0 Å². The van der Waals surface area contributed by atoms with Gasteiger partial charge in [-0.05, 0) is 59.7 Å². The van der Waals surface area contributed by atoms with E-state index >= 15 is 0 Å². The molecule has 0 heterocycles. The highest BCUT2D eigenvalue weighted by atomic mass is 16.4. The van der Waals surface area contributed by atoms with Crippen LogP contribution in [0.4, 0.5) is 17.1 Å². The van der Waals surface area contributed by atoms with Crippen LogP contribution < -0.4 is 4.90 Å². The van der Waals surface area contributed by atoms with E-state index in [2.05, 4.69) is 41.3 Å². The van der Waals surface area contributed by atoms with Crippen LogP contribution in [0.3, 0.4) is 0 Å². The molecule has 28 heavy (non-hydrogen) atoms. The summed E-state index contributed by atoms with van der Waals surface area (Å²) in [5.41, 5.74) is 5.52. The lowest BCUT2D eigenvalue weighted by atomic mass is 10.0. The summed E-state index contributed by atoms with van der Waals surface area (Å²) in [7, 11) is 0. The van der Waals surface area contributed by atoms with Gasteiger partial charge in [-0.3, -0.25) is 0 Å². The van der Waals surface area contributed by atoms with Crippen molar-refractivity contribution in [2.75, 3.05) is 4.90 Å². The molecule has 0 fully saturated rings. The summed E-state index contributed by atoms with van der Waals surface area (Å²) in [6.07, 6.45) is 0. The van der Waals surface area contributed by atoms with E-state index in [-0.39, 0.29) is 5.56 Å². The van der Waals surface area contributed by atoms with Gasteiger partial charge in [0.25, 0.3) is 0 Å². The first-order valence-corrected chi connectivity index (χ1v) is 9.06. The van der Waals surface area contributed by atoms with Crippen LogP contribution >= 0.6 is 0 Å². The third-order valence-electron chi connectivity index (χ3n) is 4.62. The van der Waals surface area contributed by atoms with Crippen LogP contribution in [0, 0.1) is 0 Å². The van der Waals surface area contributed by atoms with Gasteiger partial charge in [0.1, 0.15) is 0 Å². The van der Waals surface area contributed by atoms with E-state index in [9.17, 15) is 9.90 Å². The molecule has 0 saturated heterocycles. The van der Waals surface area contributed by atoms with Crippen LogP contribution in [0.2, 0.25) is 0 Å². The van der Waals surface area contributed by atoms with Gasteiger partial charge in [0, 0.05) is 17.1 Å². The molecule has 0 aromatic heterocycles. The monoisotopic (exact) mass is 365 g/mol. The number of anilines is 3. The summed E-state index contributed by atoms with van der Waals surface area (Å²) in [6, 6.07) is 35.6. The van der Waals surface area contributed by atoms with Crippen LogP contribution in [0.25, 0.3) is 11.1 Å². The van der Waals surface area contributed by atoms with Gasteiger partial charge in [0.15, 0.2) is 0 Å². The SMILES string of the molecule is O=C(O)c1ccc(N(c2ccccc2)c2ccc(-c3ccccc3)cc2)cc1. The second-order valence-corrected chi connectivity index (χ2v) is 6.44. The molecule has 0 aliphatic rings. The summed E-state index contributed by atoms with van der Waals surface area (Å²) < 4.78 is 0. The van der Waals surface area contributed by atoms with Crippen LogP contribution in [-0.4, -0.2) is 11.1 Å². The Morgan fingerprint density at radius 3 is 1.50 bits per heavy atom. The highest BCUT2D eigenvalue weighted by Crippen LogP contribution is 2.35. The normalized spacial score (nSPS) is 10.4. The van der Waals surface area contributed by atoms with Gasteiger partial charge >= 0.3 is 5.97 Å². The van der Waals surface area contributed by atoms with E-state index in [0.29, 0.717) is 0 Å².